The summed E-state index contributed by atoms with van der Waals surface area (Å²) in [6.07, 6.45) is 0. The number of thiocarbonyl (C=S) groups is 1. The molecule has 0 saturated carbocycles. The van der Waals surface area contributed by atoms with Crippen molar-refractivity contribution >= 4 is 55.0 Å². The van der Waals surface area contributed by atoms with Gasteiger partial charge in [0.15, 0.2) is 0 Å². The molecule has 0 heterocycles. The summed E-state index contributed by atoms with van der Waals surface area (Å²) in [5.41, 5.74) is 6.12. The smallest absolute Gasteiger partial charge is 0.254 e. The van der Waals surface area contributed by atoms with E-state index in [0.717, 1.165) is 8.95 Å². The van der Waals surface area contributed by atoms with Gasteiger partial charge in [-0.05, 0) is 32.0 Å². The van der Waals surface area contributed by atoms with Gasteiger partial charge in [0.05, 0.1) is 11.5 Å². The van der Waals surface area contributed by atoms with Crippen molar-refractivity contribution in [3.05, 3.63) is 32.7 Å². The molecule has 0 aromatic heterocycles. The maximum absolute atomic E-state index is 12.4. The van der Waals surface area contributed by atoms with Crippen LogP contribution in [-0.4, -0.2) is 28.4 Å². The van der Waals surface area contributed by atoms with Gasteiger partial charge in [0.2, 0.25) is 0 Å². The molecule has 98 valence electrons. The van der Waals surface area contributed by atoms with Crippen LogP contribution in [0, 0.1) is 0 Å². The Bertz CT molecular complexity index is 457. The van der Waals surface area contributed by atoms with Crippen LogP contribution in [0.25, 0.3) is 0 Å². The van der Waals surface area contributed by atoms with Gasteiger partial charge >= 0.3 is 0 Å². The molecule has 0 aliphatic carbocycles. The largest absolute Gasteiger partial charge is 0.392 e. The van der Waals surface area contributed by atoms with Crippen molar-refractivity contribution in [1.82, 2.24) is 4.90 Å². The lowest BCUT2D eigenvalue weighted by molar-refractivity contribution is 0.0736. The van der Waals surface area contributed by atoms with Crippen molar-refractivity contribution in [2.24, 2.45) is 5.73 Å². The first-order chi connectivity index (χ1) is 8.31. The zero-order valence-corrected chi connectivity index (χ0v) is 14.1. The molecule has 0 aliphatic rings. The summed E-state index contributed by atoms with van der Waals surface area (Å²) in [6.45, 7) is 4.16. The second-order valence-electron chi connectivity index (χ2n) is 4.15. The van der Waals surface area contributed by atoms with Crippen molar-refractivity contribution < 1.29 is 4.79 Å². The Morgan fingerprint density at radius 3 is 2.22 bits per heavy atom. The SMILES string of the molecule is CC(C)N(CC(N)=S)C(=O)c1cc(Br)cc(Br)c1. The third kappa shape index (κ3) is 4.33. The number of hydrogen-bond donors (Lipinski definition) is 1. The maximum Gasteiger partial charge on any atom is 0.254 e. The number of nitrogens with two attached hydrogens (primary N) is 1. The van der Waals surface area contributed by atoms with Crippen LogP contribution in [0.5, 0.6) is 0 Å². The highest BCUT2D eigenvalue weighted by molar-refractivity contribution is 9.11. The van der Waals surface area contributed by atoms with Gasteiger partial charge in [-0.25, -0.2) is 0 Å². The molecule has 0 radical (unpaired) electrons. The lowest BCUT2D eigenvalue weighted by atomic mass is 10.1. The summed E-state index contributed by atoms with van der Waals surface area (Å²) in [4.78, 5) is 14.4. The molecule has 6 heteroatoms. The molecular weight excluding hydrogens is 380 g/mol. The summed E-state index contributed by atoms with van der Waals surface area (Å²) in [5.74, 6) is -0.0835. The quantitative estimate of drug-likeness (QED) is 0.798. The number of halogens is 2. The molecule has 1 rings (SSSR count). The summed E-state index contributed by atoms with van der Waals surface area (Å²) >= 11 is 11.6. The molecule has 0 bridgehead atoms. The third-order valence-corrected chi connectivity index (χ3v) is 3.36. The van der Waals surface area contributed by atoms with Gasteiger partial charge in [-0.3, -0.25) is 4.79 Å². The molecule has 0 spiro atoms. The van der Waals surface area contributed by atoms with E-state index < -0.39 is 0 Å². The fourth-order valence-electron chi connectivity index (χ4n) is 1.50. The number of carbonyl (C=O) groups excluding carboxylic acids is 1. The molecular formula is C12H14Br2N2OS. The minimum Gasteiger partial charge on any atom is -0.392 e. The average molecular weight is 394 g/mol. The number of nitrogens with zero attached hydrogens (tertiary/aromatic N) is 1. The Balaban J connectivity index is 3.05. The van der Waals surface area contributed by atoms with Crippen LogP contribution in [0.15, 0.2) is 27.1 Å². The predicted molar refractivity (Wildman–Crippen MR) is 84.8 cm³/mol. The minimum atomic E-state index is -0.0835. The molecule has 2 N–H and O–H groups in total. The van der Waals surface area contributed by atoms with E-state index in [1.54, 1.807) is 17.0 Å². The molecule has 1 aromatic carbocycles. The first kappa shape index (κ1) is 15.6. The zero-order chi connectivity index (χ0) is 13.9. The molecule has 18 heavy (non-hydrogen) atoms. The molecule has 3 nitrogen and oxygen atoms in total. The van der Waals surface area contributed by atoms with E-state index >= 15 is 0 Å². The van der Waals surface area contributed by atoms with Crippen LogP contribution in [0.3, 0.4) is 0 Å². The Morgan fingerprint density at radius 2 is 1.83 bits per heavy atom. The number of benzene rings is 1. The van der Waals surface area contributed by atoms with Gasteiger partial charge in [-0.15, -0.1) is 0 Å². The molecule has 0 atom stereocenters. The Hall–Kier alpha value is -0.460. The fourth-order valence-corrected chi connectivity index (χ4v) is 2.93. The van der Waals surface area contributed by atoms with Crippen molar-refractivity contribution in [1.29, 1.82) is 0 Å². The van der Waals surface area contributed by atoms with Crippen LogP contribution in [0.4, 0.5) is 0 Å². The molecule has 1 amide bonds. The molecule has 0 fully saturated rings. The third-order valence-electron chi connectivity index (χ3n) is 2.32. The van der Waals surface area contributed by atoms with E-state index in [2.05, 4.69) is 31.9 Å². The topological polar surface area (TPSA) is 46.3 Å². The predicted octanol–water partition coefficient (Wildman–Crippen LogP) is 3.35. The van der Waals surface area contributed by atoms with Crippen molar-refractivity contribution in [3.63, 3.8) is 0 Å². The van der Waals surface area contributed by atoms with Crippen LogP contribution in [0.1, 0.15) is 24.2 Å². The number of carbonyl (C=O) groups is 1. The van der Waals surface area contributed by atoms with Gasteiger partial charge < -0.3 is 10.6 Å². The van der Waals surface area contributed by atoms with Crippen LogP contribution in [-0.2, 0) is 0 Å². The summed E-state index contributed by atoms with van der Waals surface area (Å²) in [6, 6.07) is 5.48. The van der Waals surface area contributed by atoms with E-state index in [-0.39, 0.29) is 18.5 Å². The minimum absolute atomic E-state index is 0.0387. The highest BCUT2D eigenvalue weighted by Gasteiger charge is 2.20. The first-order valence-electron chi connectivity index (χ1n) is 5.36. The van der Waals surface area contributed by atoms with E-state index in [1.807, 2.05) is 19.9 Å². The second-order valence-corrected chi connectivity index (χ2v) is 6.51. The summed E-state index contributed by atoms with van der Waals surface area (Å²) in [5, 5.41) is 0. The van der Waals surface area contributed by atoms with E-state index in [0.29, 0.717) is 10.6 Å². The van der Waals surface area contributed by atoms with Gasteiger partial charge in [0.1, 0.15) is 0 Å². The Labute approximate surface area is 129 Å². The van der Waals surface area contributed by atoms with Gasteiger partial charge in [0.25, 0.3) is 5.91 Å². The molecule has 0 unspecified atom stereocenters. The van der Waals surface area contributed by atoms with Crippen LogP contribution < -0.4 is 5.73 Å². The van der Waals surface area contributed by atoms with Crippen molar-refractivity contribution in [3.8, 4) is 0 Å². The summed E-state index contributed by atoms with van der Waals surface area (Å²) < 4.78 is 1.69. The normalized spacial score (nSPS) is 10.5. The Morgan fingerprint density at radius 1 is 1.33 bits per heavy atom. The molecule has 0 saturated heterocycles. The van der Waals surface area contributed by atoms with Crippen LogP contribution >= 0.6 is 44.1 Å². The van der Waals surface area contributed by atoms with Gasteiger partial charge in [0, 0.05) is 20.6 Å². The second kappa shape index (κ2) is 6.63. The van der Waals surface area contributed by atoms with E-state index in [4.69, 9.17) is 18.0 Å². The fraction of sp³-hybridized carbons (Fsp3) is 0.333. The lowest BCUT2D eigenvalue weighted by Gasteiger charge is -2.26. The lowest BCUT2D eigenvalue weighted by Crippen LogP contribution is -2.42. The Kier molecular flexibility index (Phi) is 5.75. The van der Waals surface area contributed by atoms with E-state index in [9.17, 15) is 4.79 Å². The maximum atomic E-state index is 12.4. The van der Waals surface area contributed by atoms with Gasteiger partial charge in [-0.1, -0.05) is 44.1 Å². The van der Waals surface area contributed by atoms with Gasteiger partial charge in [-0.2, -0.15) is 0 Å². The van der Waals surface area contributed by atoms with Crippen molar-refractivity contribution in [2.75, 3.05) is 6.54 Å². The molecule has 1 aromatic rings. The summed E-state index contributed by atoms with van der Waals surface area (Å²) in [7, 11) is 0. The van der Waals surface area contributed by atoms with Crippen LogP contribution in [0.2, 0.25) is 0 Å². The van der Waals surface area contributed by atoms with E-state index in [1.165, 1.54) is 0 Å². The first-order valence-corrected chi connectivity index (χ1v) is 7.36. The standard InChI is InChI=1S/C12H14Br2N2OS/c1-7(2)16(6-11(15)18)12(17)8-3-9(13)5-10(14)4-8/h3-5,7H,6H2,1-2H3,(H2,15,18). The highest BCUT2D eigenvalue weighted by Crippen LogP contribution is 2.21. The number of hydrogen-bond acceptors (Lipinski definition) is 2. The highest BCUT2D eigenvalue weighted by atomic mass is 79.9. The van der Waals surface area contributed by atoms with Crippen molar-refractivity contribution in [2.45, 2.75) is 19.9 Å². The zero-order valence-electron chi connectivity index (χ0n) is 10.1. The molecule has 0 aliphatic heterocycles. The number of amides is 1. The number of rotatable bonds is 4. The monoisotopic (exact) mass is 392 g/mol. The average Bonchev–Trinajstić information content (AvgIpc) is 2.23.